The number of hydrogen-bond donors (Lipinski definition) is 1. The summed E-state index contributed by atoms with van der Waals surface area (Å²) in [6.07, 6.45) is -2.62. The van der Waals surface area contributed by atoms with E-state index in [0.717, 1.165) is 12.8 Å². The second-order valence-electron chi connectivity index (χ2n) is 2.91. The van der Waals surface area contributed by atoms with Gasteiger partial charge in [-0.1, -0.05) is 6.92 Å². The van der Waals surface area contributed by atoms with Gasteiger partial charge in [-0.15, -0.1) is 0 Å². The SMILES string of the molecule is CCN[C@H](C1CC1)C(F)(F)F. The summed E-state index contributed by atoms with van der Waals surface area (Å²) in [5.74, 6) is -0.157. The molecule has 66 valence electrons. The number of hydrogen-bond acceptors (Lipinski definition) is 1. The highest BCUT2D eigenvalue weighted by atomic mass is 19.4. The Morgan fingerprint density at radius 3 is 2.27 bits per heavy atom. The first-order chi connectivity index (χ1) is 5.05. The first-order valence-corrected chi connectivity index (χ1v) is 3.85. The van der Waals surface area contributed by atoms with Crippen molar-refractivity contribution in [1.82, 2.24) is 5.32 Å². The van der Waals surface area contributed by atoms with Crippen molar-refractivity contribution >= 4 is 0 Å². The van der Waals surface area contributed by atoms with Gasteiger partial charge in [-0.3, -0.25) is 0 Å². The molecule has 0 heterocycles. The molecule has 1 fully saturated rings. The summed E-state index contributed by atoms with van der Waals surface area (Å²) < 4.78 is 36.4. The molecule has 1 N–H and O–H groups in total. The topological polar surface area (TPSA) is 12.0 Å². The lowest BCUT2D eigenvalue weighted by molar-refractivity contribution is -0.160. The quantitative estimate of drug-likeness (QED) is 0.677. The van der Waals surface area contributed by atoms with Gasteiger partial charge in [-0.05, 0) is 25.3 Å². The molecule has 0 aromatic rings. The van der Waals surface area contributed by atoms with Gasteiger partial charge in [0.05, 0.1) is 0 Å². The van der Waals surface area contributed by atoms with E-state index >= 15 is 0 Å². The van der Waals surface area contributed by atoms with E-state index in [1.807, 2.05) is 0 Å². The molecule has 1 rings (SSSR count). The maximum Gasteiger partial charge on any atom is 0.404 e. The predicted octanol–water partition coefficient (Wildman–Crippen LogP) is 1.94. The van der Waals surface area contributed by atoms with Crippen LogP contribution in [0.15, 0.2) is 0 Å². The van der Waals surface area contributed by atoms with Gasteiger partial charge in [0.15, 0.2) is 0 Å². The van der Waals surface area contributed by atoms with Crippen LogP contribution in [0.3, 0.4) is 0 Å². The van der Waals surface area contributed by atoms with Crippen LogP contribution in [0.5, 0.6) is 0 Å². The van der Waals surface area contributed by atoms with Crippen molar-refractivity contribution in [3.05, 3.63) is 0 Å². The van der Waals surface area contributed by atoms with Crippen molar-refractivity contribution in [1.29, 1.82) is 0 Å². The second-order valence-corrected chi connectivity index (χ2v) is 2.91. The normalized spacial score (nSPS) is 21.8. The minimum Gasteiger partial charge on any atom is -0.306 e. The number of halogens is 3. The Morgan fingerprint density at radius 2 is 2.00 bits per heavy atom. The zero-order valence-electron chi connectivity index (χ0n) is 6.41. The van der Waals surface area contributed by atoms with Crippen molar-refractivity contribution < 1.29 is 13.2 Å². The lowest BCUT2D eigenvalue weighted by Crippen LogP contribution is -2.43. The maximum atomic E-state index is 12.1. The van der Waals surface area contributed by atoms with Crippen molar-refractivity contribution in [3.63, 3.8) is 0 Å². The van der Waals surface area contributed by atoms with E-state index in [0.29, 0.717) is 6.54 Å². The highest BCUT2D eigenvalue weighted by Crippen LogP contribution is 2.39. The molecule has 1 aliphatic carbocycles. The van der Waals surface area contributed by atoms with Crippen molar-refractivity contribution in [3.8, 4) is 0 Å². The van der Waals surface area contributed by atoms with Crippen LogP contribution < -0.4 is 5.32 Å². The lowest BCUT2D eigenvalue weighted by Gasteiger charge is -2.20. The lowest BCUT2D eigenvalue weighted by atomic mass is 10.2. The van der Waals surface area contributed by atoms with Crippen LogP contribution in [-0.4, -0.2) is 18.8 Å². The average molecular weight is 167 g/mol. The summed E-state index contributed by atoms with van der Waals surface area (Å²) in [6.45, 7) is 2.09. The molecule has 1 nitrogen and oxygen atoms in total. The number of rotatable bonds is 3. The molecule has 0 radical (unpaired) electrons. The van der Waals surface area contributed by atoms with Gasteiger partial charge in [0.25, 0.3) is 0 Å². The summed E-state index contributed by atoms with van der Waals surface area (Å²) in [5.41, 5.74) is 0. The van der Waals surface area contributed by atoms with E-state index in [1.54, 1.807) is 6.92 Å². The first kappa shape index (κ1) is 8.84. The molecule has 0 aromatic heterocycles. The number of nitrogens with one attached hydrogen (secondary N) is 1. The molecule has 0 amide bonds. The first-order valence-electron chi connectivity index (χ1n) is 3.85. The largest absolute Gasteiger partial charge is 0.404 e. The molecule has 1 saturated carbocycles. The predicted molar refractivity (Wildman–Crippen MR) is 36.2 cm³/mol. The fraction of sp³-hybridized carbons (Fsp3) is 1.00. The van der Waals surface area contributed by atoms with Crippen LogP contribution in [0.4, 0.5) is 13.2 Å². The highest BCUT2D eigenvalue weighted by molar-refractivity contribution is 4.90. The van der Waals surface area contributed by atoms with Crippen LogP contribution in [0.25, 0.3) is 0 Å². The Morgan fingerprint density at radius 1 is 1.45 bits per heavy atom. The standard InChI is InChI=1S/C7H12F3N/c1-2-11-6(5-3-4-5)7(8,9)10/h5-6,11H,2-4H2,1H3/t6-/m1/s1. The van der Waals surface area contributed by atoms with Crippen LogP contribution in [0.2, 0.25) is 0 Å². The zero-order chi connectivity index (χ0) is 8.48. The smallest absolute Gasteiger partial charge is 0.306 e. The van der Waals surface area contributed by atoms with Gasteiger partial charge in [0, 0.05) is 0 Å². The fourth-order valence-corrected chi connectivity index (χ4v) is 1.20. The third-order valence-electron chi connectivity index (χ3n) is 1.87. The Kier molecular flexibility index (Phi) is 2.42. The van der Waals surface area contributed by atoms with Gasteiger partial charge >= 0.3 is 6.18 Å². The number of alkyl halides is 3. The van der Waals surface area contributed by atoms with E-state index in [4.69, 9.17) is 0 Å². The third kappa shape index (κ3) is 2.36. The van der Waals surface area contributed by atoms with Crippen molar-refractivity contribution in [2.24, 2.45) is 5.92 Å². The molecule has 0 aromatic carbocycles. The van der Waals surface area contributed by atoms with Gasteiger partial charge < -0.3 is 5.32 Å². The molecule has 0 aliphatic heterocycles. The van der Waals surface area contributed by atoms with E-state index in [1.165, 1.54) is 0 Å². The Labute approximate surface area is 64.0 Å². The molecule has 1 atom stereocenters. The van der Waals surface area contributed by atoms with E-state index in [9.17, 15) is 13.2 Å². The van der Waals surface area contributed by atoms with Gasteiger partial charge in [-0.2, -0.15) is 13.2 Å². The molecule has 0 spiro atoms. The highest BCUT2D eigenvalue weighted by Gasteiger charge is 2.48. The molecule has 0 unspecified atom stereocenters. The molecular weight excluding hydrogens is 155 g/mol. The summed E-state index contributed by atoms with van der Waals surface area (Å²) in [4.78, 5) is 0. The van der Waals surface area contributed by atoms with Crippen molar-refractivity contribution in [2.45, 2.75) is 32.0 Å². The molecule has 11 heavy (non-hydrogen) atoms. The van der Waals surface area contributed by atoms with Crippen molar-refractivity contribution in [2.75, 3.05) is 6.54 Å². The molecule has 0 bridgehead atoms. The Hall–Kier alpha value is -0.250. The maximum absolute atomic E-state index is 12.1. The average Bonchev–Trinajstić information content (AvgIpc) is 2.61. The Balaban J connectivity index is 2.44. The summed E-state index contributed by atoms with van der Waals surface area (Å²) in [5, 5.41) is 2.46. The van der Waals surface area contributed by atoms with Gasteiger partial charge in [-0.25, -0.2) is 0 Å². The zero-order valence-corrected chi connectivity index (χ0v) is 6.41. The minimum atomic E-state index is -4.06. The van der Waals surface area contributed by atoms with Crippen LogP contribution >= 0.6 is 0 Å². The van der Waals surface area contributed by atoms with Crippen LogP contribution in [0.1, 0.15) is 19.8 Å². The Bertz CT molecular complexity index is 128. The fourth-order valence-electron chi connectivity index (χ4n) is 1.20. The summed E-state index contributed by atoms with van der Waals surface area (Å²) in [7, 11) is 0. The molecule has 0 saturated heterocycles. The van der Waals surface area contributed by atoms with Crippen LogP contribution in [-0.2, 0) is 0 Å². The summed E-state index contributed by atoms with van der Waals surface area (Å²) in [6, 6.07) is -1.26. The molecule has 1 aliphatic rings. The third-order valence-corrected chi connectivity index (χ3v) is 1.87. The summed E-state index contributed by atoms with van der Waals surface area (Å²) >= 11 is 0. The van der Waals surface area contributed by atoms with E-state index in [-0.39, 0.29) is 5.92 Å². The van der Waals surface area contributed by atoms with Crippen LogP contribution in [0, 0.1) is 5.92 Å². The minimum absolute atomic E-state index is 0.157. The molecule has 4 heteroatoms. The second kappa shape index (κ2) is 3.01. The van der Waals surface area contributed by atoms with Gasteiger partial charge in [0.2, 0.25) is 0 Å². The molecular formula is C7H12F3N. The van der Waals surface area contributed by atoms with Gasteiger partial charge in [0.1, 0.15) is 6.04 Å². The van der Waals surface area contributed by atoms with E-state index < -0.39 is 12.2 Å². The monoisotopic (exact) mass is 167 g/mol. The van der Waals surface area contributed by atoms with E-state index in [2.05, 4.69) is 5.32 Å².